The Balaban J connectivity index is 0.00000180. The van der Waals surface area contributed by atoms with Crippen LogP contribution >= 0.6 is 36.2 Å². The average Bonchev–Trinajstić information content (AvgIpc) is 2.85. The van der Waals surface area contributed by atoms with Crippen LogP contribution in [-0.2, 0) is 6.42 Å². The summed E-state index contributed by atoms with van der Waals surface area (Å²) in [6, 6.07) is 5.31. The van der Waals surface area contributed by atoms with Crippen molar-refractivity contribution in [3.63, 3.8) is 0 Å². The summed E-state index contributed by atoms with van der Waals surface area (Å²) in [7, 11) is 0. The lowest BCUT2D eigenvalue weighted by Gasteiger charge is -2.35. The summed E-state index contributed by atoms with van der Waals surface area (Å²) in [5.74, 6) is 0.761. The summed E-state index contributed by atoms with van der Waals surface area (Å²) >= 11 is 2.01. The van der Waals surface area contributed by atoms with E-state index in [0.717, 1.165) is 19.0 Å². The highest BCUT2D eigenvalue weighted by atomic mass is 35.5. The minimum atomic E-state index is 0. The van der Waals surface area contributed by atoms with E-state index in [-0.39, 0.29) is 24.8 Å². The van der Waals surface area contributed by atoms with Gasteiger partial charge >= 0.3 is 0 Å². The lowest BCUT2D eigenvalue weighted by Crippen LogP contribution is -2.45. The fraction of sp³-hybridized carbons (Fsp3) is 0.733. The highest BCUT2D eigenvalue weighted by Gasteiger charge is 2.24. The smallest absolute Gasteiger partial charge is 0.0445 e. The van der Waals surface area contributed by atoms with Crippen molar-refractivity contribution in [1.29, 1.82) is 0 Å². The third-order valence-corrected chi connectivity index (χ3v) is 4.98. The summed E-state index contributed by atoms with van der Waals surface area (Å²) in [5.41, 5.74) is 0. The van der Waals surface area contributed by atoms with E-state index in [0.29, 0.717) is 6.04 Å². The third-order valence-electron chi connectivity index (χ3n) is 3.65. The molecule has 0 radical (unpaired) electrons. The van der Waals surface area contributed by atoms with Gasteiger partial charge in [-0.2, -0.15) is 0 Å². The summed E-state index contributed by atoms with van der Waals surface area (Å²) < 4.78 is 0. The number of nitrogens with zero attached hydrogens (tertiary/aromatic N) is 1. The molecule has 5 heteroatoms. The Morgan fingerprint density at radius 2 is 1.85 bits per heavy atom. The fourth-order valence-electron chi connectivity index (χ4n) is 2.65. The maximum Gasteiger partial charge on any atom is 0.0445 e. The van der Waals surface area contributed by atoms with Gasteiger partial charge in [-0.15, -0.1) is 36.2 Å². The topological polar surface area (TPSA) is 15.3 Å². The molecule has 1 N–H and O–H groups in total. The molecule has 0 unspecified atom stereocenters. The molecule has 2 heterocycles. The Hall–Kier alpha value is 0.200. The third kappa shape index (κ3) is 5.53. The second-order valence-electron chi connectivity index (χ2n) is 5.59. The quantitative estimate of drug-likeness (QED) is 0.867. The minimum absolute atomic E-state index is 0. The number of piperazine rings is 1. The van der Waals surface area contributed by atoms with E-state index in [1.807, 2.05) is 11.3 Å². The lowest BCUT2D eigenvalue weighted by atomic mass is 10.0. The van der Waals surface area contributed by atoms with Crippen molar-refractivity contribution < 1.29 is 0 Å². The van der Waals surface area contributed by atoms with Crippen LogP contribution in [0.2, 0.25) is 0 Å². The molecule has 1 saturated heterocycles. The molecule has 0 bridgehead atoms. The number of nitrogens with one attached hydrogen (secondary N) is 1. The van der Waals surface area contributed by atoms with Crippen LogP contribution in [0.5, 0.6) is 0 Å². The molecular formula is C15H28Cl2N2S. The van der Waals surface area contributed by atoms with Gasteiger partial charge in [-0.05, 0) is 30.9 Å². The normalized spacial score (nSPS) is 17.4. The Bertz CT molecular complexity index is 363. The number of hydrogen-bond acceptors (Lipinski definition) is 3. The van der Waals surface area contributed by atoms with E-state index in [1.54, 1.807) is 4.88 Å². The summed E-state index contributed by atoms with van der Waals surface area (Å²) in [6.07, 6.45) is 2.45. The molecule has 1 aromatic rings. The maximum absolute atomic E-state index is 3.45. The predicted molar refractivity (Wildman–Crippen MR) is 94.8 cm³/mol. The highest BCUT2D eigenvalue weighted by molar-refractivity contribution is 7.12. The first kappa shape index (κ1) is 20.2. The first-order valence-corrected chi connectivity index (χ1v) is 8.05. The van der Waals surface area contributed by atoms with Crippen molar-refractivity contribution >= 4 is 36.2 Å². The summed E-state index contributed by atoms with van der Waals surface area (Å²) in [5, 5.41) is 3.45. The maximum atomic E-state index is 3.45. The lowest BCUT2D eigenvalue weighted by molar-refractivity contribution is 0.156. The van der Waals surface area contributed by atoms with Crippen molar-refractivity contribution in [2.75, 3.05) is 26.2 Å². The average molecular weight is 339 g/mol. The largest absolute Gasteiger partial charge is 0.314 e. The van der Waals surface area contributed by atoms with Crippen LogP contribution < -0.4 is 5.32 Å². The Labute approximate surface area is 140 Å². The standard InChI is InChI=1S/C15H26N2S.2ClH/c1-4-13-5-6-15(18-13)14(11-12(2)3)17-9-7-16-8-10-17;;/h5-6,12,14,16H,4,7-11H2,1-3H3;2*1H/t14-;;/m1../s1. The van der Waals surface area contributed by atoms with Crippen molar-refractivity contribution in [2.45, 2.75) is 39.7 Å². The van der Waals surface area contributed by atoms with Gasteiger partial charge < -0.3 is 5.32 Å². The molecular weight excluding hydrogens is 311 g/mol. The van der Waals surface area contributed by atoms with Crippen molar-refractivity contribution in [1.82, 2.24) is 10.2 Å². The fourth-order valence-corrected chi connectivity index (χ4v) is 3.75. The second kappa shape index (κ2) is 10.0. The molecule has 0 aromatic carbocycles. The molecule has 1 aliphatic heterocycles. The van der Waals surface area contributed by atoms with Crippen molar-refractivity contribution in [3.8, 4) is 0 Å². The summed E-state index contributed by atoms with van der Waals surface area (Å²) in [4.78, 5) is 5.76. The van der Waals surface area contributed by atoms with Crippen LogP contribution in [0.3, 0.4) is 0 Å². The molecule has 0 saturated carbocycles. The minimum Gasteiger partial charge on any atom is -0.314 e. The zero-order valence-corrected chi connectivity index (χ0v) is 15.2. The van der Waals surface area contributed by atoms with Crippen molar-refractivity contribution in [2.24, 2.45) is 5.92 Å². The van der Waals surface area contributed by atoms with Gasteiger partial charge in [0.1, 0.15) is 0 Å². The van der Waals surface area contributed by atoms with Gasteiger partial charge in [0, 0.05) is 42.0 Å². The van der Waals surface area contributed by atoms with Crippen LogP contribution in [0.4, 0.5) is 0 Å². The predicted octanol–water partition coefficient (Wildman–Crippen LogP) is 4.15. The van der Waals surface area contributed by atoms with Crippen molar-refractivity contribution in [3.05, 3.63) is 21.9 Å². The van der Waals surface area contributed by atoms with Gasteiger partial charge in [-0.3, -0.25) is 4.90 Å². The first-order chi connectivity index (χ1) is 8.70. The molecule has 20 heavy (non-hydrogen) atoms. The Morgan fingerprint density at radius 1 is 1.20 bits per heavy atom. The van der Waals surface area contributed by atoms with E-state index in [2.05, 4.69) is 43.1 Å². The molecule has 0 spiro atoms. The van der Waals surface area contributed by atoms with Gasteiger partial charge in [0.05, 0.1) is 0 Å². The Morgan fingerprint density at radius 3 is 2.35 bits per heavy atom. The molecule has 1 aliphatic rings. The zero-order valence-electron chi connectivity index (χ0n) is 12.7. The van der Waals surface area contributed by atoms with Gasteiger partial charge in [-0.25, -0.2) is 0 Å². The van der Waals surface area contributed by atoms with Crippen LogP contribution in [0.1, 0.15) is 43.0 Å². The van der Waals surface area contributed by atoms with Gasteiger partial charge in [0.2, 0.25) is 0 Å². The molecule has 1 aromatic heterocycles. The zero-order chi connectivity index (χ0) is 13.0. The first-order valence-electron chi connectivity index (χ1n) is 7.24. The molecule has 0 amide bonds. The van der Waals surface area contributed by atoms with Crippen LogP contribution in [-0.4, -0.2) is 31.1 Å². The van der Waals surface area contributed by atoms with Crippen LogP contribution in [0, 0.1) is 5.92 Å². The molecule has 2 rings (SSSR count). The SMILES string of the molecule is CCc1ccc([C@@H](CC(C)C)N2CCNCC2)s1.Cl.Cl. The molecule has 1 atom stereocenters. The van der Waals surface area contributed by atoms with E-state index < -0.39 is 0 Å². The summed E-state index contributed by atoms with van der Waals surface area (Å²) in [6.45, 7) is 11.6. The number of rotatable bonds is 5. The molecule has 118 valence electrons. The van der Waals surface area contributed by atoms with E-state index in [1.165, 1.54) is 30.8 Å². The molecule has 0 aliphatic carbocycles. The van der Waals surface area contributed by atoms with E-state index in [4.69, 9.17) is 0 Å². The van der Waals surface area contributed by atoms with E-state index >= 15 is 0 Å². The van der Waals surface area contributed by atoms with Gasteiger partial charge in [0.25, 0.3) is 0 Å². The number of thiophene rings is 1. The second-order valence-corrected chi connectivity index (χ2v) is 6.79. The van der Waals surface area contributed by atoms with Crippen LogP contribution in [0.25, 0.3) is 0 Å². The highest BCUT2D eigenvalue weighted by Crippen LogP contribution is 2.33. The number of hydrogen-bond donors (Lipinski definition) is 1. The number of halogens is 2. The Kier molecular flexibility index (Phi) is 10.1. The van der Waals surface area contributed by atoms with E-state index in [9.17, 15) is 0 Å². The molecule has 2 nitrogen and oxygen atoms in total. The monoisotopic (exact) mass is 338 g/mol. The van der Waals surface area contributed by atoms with Crippen LogP contribution in [0.15, 0.2) is 12.1 Å². The van der Waals surface area contributed by atoms with Gasteiger partial charge in [0.15, 0.2) is 0 Å². The van der Waals surface area contributed by atoms with Gasteiger partial charge in [-0.1, -0.05) is 20.8 Å². The number of aryl methyl sites for hydroxylation is 1. The molecule has 1 fully saturated rings.